The predicted octanol–water partition coefficient (Wildman–Crippen LogP) is 7.50. The maximum atomic E-state index is 12.6. The van der Waals surface area contributed by atoms with Crippen molar-refractivity contribution in [3.05, 3.63) is 97.6 Å². The van der Waals surface area contributed by atoms with Crippen LogP contribution < -0.4 is 5.32 Å². The molecule has 0 bridgehead atoms. The van der Waals surface area contributed by atoms with Crippen LogP contribution in [0.4, 0.5) is 5.13 Å². The minimum atomic E-state index is -0.588. The van der Waals surface area contributed by atoms with Gasteiger partial charge in [-0.05, 0) is 48.0 Å². The highest BCUT2D eigenvalue weighted by molar-refractivity contribution is 7.15. The van der Waals surface area contributed by atoms with Gasteiger partial charge in [0.15, 0.2) is 5.13 Å². The van der Waals surface area contributed by atoms with Gasteiger partial charge in [-0.2, -0.15) is 5.26 Å². The largest absolute Gasteiger partial charge is 0.457 e. The minimum absolute atomic E-state index is 0.121. The molecule has 4 rings (SSSR count). The summed E-state index contributed by atoms with van der Waals surface area (Å²) in [6.45, 7) is 0. The maximum absolute atomic E-state index is 12.6. The fourth-order valence-corrected chi connectivity index (χ4v) is 4.44. The second-order valence-corrected chi connectivity index (χ2v) is 9.22. The third-order valence-corrected chi connectivity index (χ3v) is 6.41. The molecule has 0 aliphatic heterocycles. The van der Waals surface area contributed by atoms with Crippen LogP contribution in [0.2, 0.25) is 15.1 Å². The summed E-state index contributed by atoms with van der Waals surface area (Å²) in [7, 11) is 0. The maximum Gasteiger partial charge on any atom is 0.268 e. The van der Waals surface area contributed by atoms with Gasteiger partial charge in [0.1, 0.15) is 23.2 Å². The van der Waals surface area contributed by atoms with Crippen molar-refractivity contribution in [3.8, 4) is 17.4 Å². The molecule has 5 nitrogen and oxygen atoms in total. The monoisotopic (exact) mass is 513 g/mol. The molecule has 9 heteroatoms. The first kappa shape index (κ1) is 23.1. The second kappa shape index (κ2) is 10.2. The Balaban J connectivity index is 1.47. The molecular weight excluding hydrogens is 501 g/mol. The van der Waals surface area contributed by atoms with Crippen molar-refractivity contribution in [2.45, 2.75) is 6.42 Å². The minimum Gasteiger partial charge on any atom is -0.457 e. The number of aromatic nitrogens is 1. The Hall–Kier alpha value is -3.08. The summed E-state index contributed by atoms with van der Waals surface area (Å²) in [5, 5.41) is 14.2. The number of nitrogens with one attached hydrogen (secondary N) is 1. The lowest BCUT2D eigenvalue weighted by Crippen LogP contribution is -2.13. The van der Waals surface area contributed by atoms with E-state index in [4.69, 9.17) is 39.2 Å². The Morgan fingerprint density at radius 3 is 2.73 bits per heavy atom. The first-order valence-corrected chi connectivity index (χ1v) is 11.5. The van der Waals surface area contributed by atoms with Crippen molar-refractivity contribution in [3.63, 3.8) is 0 Å². The van der Waals surface area contributed by atoms with Crippen LogP contribution in [0.15, 0.2) is 70.8 Å². The molecule has 0 aliphatic carbocycles. The highest BCUT2D eigenvalue weighted by Crippen LogP contribution is 2.30. The van der Waals surface area contributed by atoms with Gasteiger partial charge >= 0.3 is 0 Å². The highest BCUT2D eigenvalue weighted by atomic mass is 35.5. The average Bonchev–Trinajstić information content (AvgIpc) is 3.44. The topological polar surface area (TPSA) is 78.9 Å². The third-order valence-electron chi connectivity index (χ3n) is 4.56. The Morgan fingerprint density at radius 2 is 1.94 bits per heavy atom. The summed E-state index contributed by atoms with van der Waals surface area (Å²) in [4.78, 5) is 17.7. The van der Waals surface area contributed by atoms with Gasteiger partial charge in [0.25, 0.3) is 5.91 Å². The van der Waals surface area contributed by atoms with Crippen molar-refractivity contribution < 1.29 is 9.21 Å². The zero-order chi connectivity index (χ0) is 23.4. The normalized spacial score (nSPS) is 11.3. The number of nitriles is 1. The second-order valence-electron chi connectivity index (χ2n) is 6.85. The predicted molar refractivity (Wildman–Crippen MR) is 133 cm³/mol. The van der Waals surface area contributed by atoms with Crippen LogP contribution in [0.3, 0.4) is 0 Å². The van der Waals surface area contributed by atoms with Gasteiger partial charge in [-0.1, -0.05) is 46.9 Å². The summed E-state index contributed by atoms with van der Waals surface area (Å²) in [5.74, 6) is 0.302. The molecule has 0 unspecified atom stereocenters. The van der Waals surface area contributed by atoms with Gasteiger partial charge < -0.3 is 4.42 Å². The summed E-state index contributed by atoms with van der Waals surface area (Å²) in [5.41, 5.74) is 1.46. The number of hydrogen-bond acceptors (Lipinski definition) is 5. The number of carbonyl (C=O) groups excluding carboxylic acids is 1. The van der Waals surface area contributed by atoms with Crippen molar-refractivity contribution >= 4 is 63.3 Å². The van der Waals surface area contributed by atoms with E-state index in [-0.39, 0.29) is 5.57 Å². The summed E-state index contributed by atoms with van der Waals surface area (Å²) < 4.78 is 5.75. The lowest BCUT2D eigenvalue weighted by molar-refractivity contribution is -0.112. The van der Waals surface area contributed by atoms with Crippen molar-refractivity contribution in [1.82, 2.24) is 4.98 Å². The molecule has 0 spiro atoms. The number of amides is 1. The number of anilines is 1. The molecule has 0 fully saturated rings. The molecule has 2 heterocycles. The van der Waals surface area contributed by atoms with E-state index in [9.17, 15) is 10.1 Å². The molecule has 2 aromatic carbocycles. The van der Waals surface area contributed by atoms with Gasteiger partial charge in [-0.25, -0.2) is 4.98 Å². The number of rotatable bonds is 6. The molecule has 0 atom stereocenters. The lowest BCUT2D eigenvalue weighted by atomic mass is 10.1. The van der Waals surface area contributed by atoms with E-state index in [1.54, 1.807) is 42.6 Å². The zero-order valence-corrected chi connectivity index (χ0v) is 19.9. The van der Waals surface area contributed by atoms with Crippen molar-refractivity contribution in [2.75, 3.05) is 5.32 Å². The standard InChI is InChI=1S/C24H14Cl3N3O2S/c25-16-5-7-20(26)14(9-16)11-18-13-29-24(33-18)30-23(31)15(12-28)10-17-6-8-22(32-17)19-3-1-2-4-21(19)27/h1-10,13H,11H2,(H,29,30,31)/b15-10+. The van der Waals surface area contributed by atoms with Crippen LogP contribution >= 0.6 is 46.1 Å². The number of nitrogens with zero attached hydrogens (tertiary/aromatic N) is 2. The average molecular weight is 515 g/mol. The van der Waals surface area contributed by atoms with E-state index < -0.39 is 5.91 Å². The van der Waals surface area contributed by atoms with Gasteiger partial charge in [0.2, 0.25) is 0 Å². The van der Waals surface area contributed by atoms with Crippen LogP contribution in [-0.2, 0) is 11.2 Å². The fraction of sp³-hybridized carbons (Fsp3) is 0.0417. The van der Waals surface area contributed by atoms with E-state index in [1.807, 2.05) is 24.3 Å². The number of hydrogen-bond donors (Lipinski definition) is 1. The smallest absolute Gasteiger partial charge is 0.268 e. The molecule has 1 N–H and O–H groups in total. The van der Waals surface area contributed by atoms with Gasteiger partial charge in [0, 0.05) is 39.2 Å². The molecule has 4 aromatic rings. The molecule has 0 saturated heterocycles. The van der Waals surface area contributed by atoms with E-state index in [0.29, 0.717) is 38.1 Å². The quantitative estimate of drug-likeness (QED) is 0.213. The molecule has 33 heavy (non-hydrogen) atoms. The molecular formula is C24H14Cl3N3O2S. The van der Waals surface area contributed by atoms with E-state index in [0.717, 1.165) is 16.0 Å². The van der Waals surface area contributed by atoms with Crippen molar-refractivity contribution in [1.29, 1.82) is 5.26 Å². The highest BCUT2D eigenvalue weighted by Gasteiger charge is 2.15. The molecule has 2 aromatic heterocycles. The SMILES string of the molecule is N#C/C(=C\c1ccc(-c2ccccc2Cl)o1)C(=O)Nc1ncc(Cc2cc(Cl)ccc2Cl)s1. The van der Waals surface area contributed by atoms with E-state index in [1.165, 1.54) is 17.4 Å². The summed E-state index contributed by atoms with van der Waals surface area (Å²) in [6, 6.07) is 17.8. The van der Waals surface area contributed by atoms with Crippen LogP contribution in [0, 0.1) is 11.3 Å². The molecule has 0 radical (unpaired) electrons. The number of furan rings is 1. The number of thiazole rings is 1. The molecule has 0 saturated carbocycles. The van der Waals surface area contributed by atoms with Crippen LogP contribution in [0.5, 0.6) is 0 Å². The zero-order valence-electron chi connectivity index (χ0n) is 16.8. The van der Waals surface area contributed by atoms with Crippen LogP contribution in [0.1, 0.15) is 16.2 Å². The van der Waals surface area contributed by atoms with Crippen LogP contribution in [-0.4, -0.2) is 10.9 Å². The van der Waals surface area contributed by atoms with E-state index >= 15 is 0 Å². The molecule has 0 aliphatic rings. The lowest BCUT2D eigenvalue weighted by Gasteiger charge is -2.02. The molecule has 1 amide bonds. The number of benzene rings is 2. The first-order valence-electron chi connectivity index (χ1n) is 9.59. The number of halogens is 3. The molecule has 164 valence electrons. The van der Waals surface area contributed by atoms with Gasteiger partial charge in [-0.3, -0.25) is 10.1 Å². The van der Waals surface area contributed by atoms with Gasteiger partial charge in [-0.15, -0.1) is 11.3 Å². The Bertz CT molecular complexity index is 1400. The number of carbonyl (C=O) groups is 1. The third kappa shape index (κ3) is 5.65. The Morgan fingerprint density at radius 1 is 1.12 bits per heavy atom. The van der Waals surface area contributed by atoms with Crippen molar-refractivity contribution in [2.24, 2.45) is 0 Å². The first-order chi connectivity index (χ1) is 15.9. The Kier molecular flexibility index (Phi) is 7.17. The van der Waals surface area contributed by atoms with Crippen LogP contribution in [0.25, 0.3) is 17.4 Å². The Labute approximate surface area is 208 Å². The summed E-state index contributed by atoms with van der Waals surface area (Å²) in [6.07, 6.45) is 3.54. The summed E-state index contributed by atoms with van der Waals surface area (Å²) >= 11 is 19.7. The van der Waals surface area contributed by atoms with E-state index in [2.05, 4.69) is 10.3 Å². The fourth-order valence-electron chi connectivity index (χ4n) is 3.01. The van der Waals surface area contributed by atoms with Gasteiger partial charge in [0.05, 0.1) is 5.02 Å².